The number of carbonyl (C=O) groups excluding carboxylic acids is 1. The van der Waals surface area contributed by atoms with E-state index in [0.717, 1.165) is 40.6 Å². The number of hydrogen-bond acceptors (Lipinski definition) is 5. The predicted molar refractivity (Wildman–Crippen MR) is 125 cm³/mol. The van der Waals surface area contributed by atoms with Gasteiger partial charge in [0.2, 0.25) is 15.9 Å². The summed E-state index contributed by atoms with van der Waals surface area (Å²) >= 11 is 1.48. The molecule has 3 aromatic rings. The lowest BCUT2D eigenvalue weighted by Crippen LogP contribution is -2.35. The third-order valence-corrected chi connectivity index (χ3v) is 8.44. The number of aromatic nitrogens is 2. The zero-order valence-corrected chi connectivity index (χ0v) is 19.5. The van der Waals surface area contributed by atoms with Crippen LogP contribution in [-0.4, -0.2) is 41.3 Å². The van der Waals surface area contributed by atoms with E-state index in [1.165, 1.54) is 11.8 Å². The monoisotopic (exact) mass is 470 g/mol. The summed E-state index contributed by atoms with van der Waals surface area (Å²) in [7, 11) is -1.55. The maximum atomic E-state index is 12.8. The second-order valence-corrected chi connectivity index (χ2v) is 10.7. The average Bonchev–Trinajstić information content (AvgIpc) is 3.20. The van der Waals surface area contributed by atoms with E-state index in [1.54, 1.807) is 34.8 Å². The molecule has 4 rings (SSSR count). The molecule has 1 amide bonds. The van der Waals surface area contributed by atoms with Crippen LogP contribution in [0.15, 0.2) is 75.9 Å². The number of rotatable bonds is 7. The standard InChI is InChI=1S/C23H26N4O3S2/c1-26-16-13-24-23(26)31-21-8-4-3-7-20(21)25-22(28)17-18-9-11-19(12-10-18)32(29,30)27-14-5-2-6-15-27/h3-4,7-13,16H,2,5-6,14-15,17H2,1H3,(H,25,28). The van der Waals surface area contributed by atoms with Crippen LogP contribution in [0.2, 0.25) is 0 Å². The number of para-hydroxylation sites is 1. The van der Waals surface area contributed by atoms with Crippen molar-refractivity contribution < 1.29 is 13.2 Å². The molecule has 0 bridgehead atoms. The Hall–Kier alpha value is -2.62. The maximum Gasteiger partial charge on any atom is 0.243 e. The molecule has 0 atom stereocenters. The van der Waals surface area contributed by atoms with E-state index in [2.05, 4.69) is 10.3 Å². The molecule has 2 aromatic carbocycles. The number of benzene rings is 2. The highest BCUT2D eigenvalue weighted by Crippen LogP contribution is 2.32. The van der Waals surface area contributed by atoms with Gasteiger partial charge in [-0.3, -0.25) is 4.79 Å². The summed E-state index contributed by atoms with van der Waals surface area (Å²) in [5, 5.41) is 3.79. The van der Waals surface area contributed by atoms with E-state index in [1.807, 2.05) is 42.1 Å². The quantitative estimate of drug-likeness (QED) is 0.566. The van der Waals surface area contributed by atoms with Gasteiger partial charge in [0.25, 0.3) is 0 Å². The van der Waals surface area contributed by atoms with Crippen molar-refractivity contribution in [1.82, 2.24) is 13.9 Å². The molecule has 0 radical (unpaired) electrons. The van der Waals surface area contributed by atoms with Crippen LogP contribution in [-0.2, 0) is 28.3 Å². The third kappa shape index (κ3) is 5.23. The SMILES string of the molecule is Cn1ccnc1Sc1ccccc1NC(=O)Cc1ccc(S(=O)(=O)N2CCCCC2)cc1. The number of imidazole rings is 1. The van der Waals surface area contributed by atoms with Crippen molar-refractivity contribution in [3.8, 4) is 0 Å². The van der Waals surface area contributed by atoms with Gasteiger partial charge in [0.05, 0.1) is 17.0 Å². The highest BCUT2D eigenvalue weighted by Gasteiger charge is 2.25. The molecule has 1 aliphatic rings. The van der Waals surface area contributed by atoms with Crippen molar-refractivity contribution in [3.05, 3.63) is 66.5 Å². The third-order valence-electron chi connectivity index (χ3n) is 5.38. The molecule has 7 nitrogen and oxygen atoms in total. The largest absolute Gasteiger partial charge is 0.329 e. The minimum Gasteiger partial charge on any atom is -0.329 e. The van der Waals surface area contributed by atoms with E-state index in [9.17, 15) is 13.2 Å². The Kier molecular flexibility index (Phi) is 6.98. The van der Waals surface area contributed by atoms with Crippen LogP contribution in [0, 0.1) is 0 Å². The number of nitrogens with zero attached hydrogens (tertiary/aromatic N) is 3. The molecular weight excluding hydrogens is 444 g/mol. The Balaban J connectivity index is 1.41. The van der Waals surface area contributed by atoms with Crippen LogP contribution in [0.4, 0.5) is 5.69 Å². The number of aryl methyl sites for hydroxylation is 1. The highest BCUT2D eigenvalue weighted by molar-refractivity contribution is 7.99. The number of piperidine rings is 1. The Labute approximate surface area is 192 Å². The molecule has 1 aromatic heterocycles. The summed E-state index contributed by atoms with van der Waals surface area (Å²) in [5.74, 6) is -0.162. The molecule has 2 heterocycles. The summed E-state index contributed by atoms with van der Waals surface area (Å²) in [6.45, 7) is 1.14. The van der Waals surface area contributed by atoms with Gasteiger partial charge in [-0.15, -0.1) is 0 Å². The Morgan fingerprint density at radius 1 is 1.06 bits per heavy atom. The molecular formula is C23H26N4O3S2. The van der Waals surface area contributed by atoms with Gasteiger partial charge in [0.15, 0.2) is 5.16 Å². The molecule has 0 unspecified atom stereocenters. The number of nitrogens with one attached hydrogen (secondary N) is 1. The molecule has 0 spiro atoms. The summed E-state index contributed by atoms with van der Waals surface area (Å²) < 4.78 is 29.1. The van der Waals surface area contributed by atoms with Crippen LogP contribution in [0.1, 0.15) is 24.8 Å². The Bertz CT molecular complexity index is 1180. The van der Waals surface area contributed by atoms with Crippen LogP contribution >= 0.6 is 11.8 Å². The minimum atomic E-state index is -3.47. The van der Waals surface area contributed by atoms with Crippen molar-refractivity contribution in [3.63, 3.8) is 0 Å². The molecule has 32 heavy (non-hydrogen) atoms. The van der Waals surface area contributed by atoms with Crippen LogP contribution in [0.3, 0.4) is 0 Å². The number of amides is 1. The number of hydrogen-bond donors (Lipinski definition) is 1. The smallest absolute Gasteiger partial charge is 0.243 e. The van der Waals surface area contributed by atoms with Crippen molar-refractivity contribution in [2.75, 3.05) is 18.4 Å². The lowest BCUT2D eigenvalue weighted by Gasteiger charge is -2.25. The van der Waals surface area contributed by atoms with Crippen molar-refractivity contribution >= 4 is 33.4 Å². The summed E-state index contributed by atoms with van der Waals surface area (Å²) in [6, 6.07) is 14.2. The Morgan fingerprint density at radius 2 is 1.78 bits per heavy atom. The topological polar surface area (TPSA) is 84.3 Å². The van der Waals surface area contributed by atoms with Gasteiger partial charge < -0.3 is 9.88 Å². The zero-order chi connectivity index (χ0) is 22.6. The van der Waals surface area contributed by atoms with Gasteiger partial charge in [-0.1, -0.05) is 30.7 Å². The minimum absolute atomic E-state index is 0.158. The molecule has 1 fully saturated rings. The van der Waals surface area contributed by atoms with E-state index in [-0.39, 0.29) is 17.2 Å². The lowest BCUT2D eigenvalue weighted by atomic mass is 10.1. The molecule has 0 aliphatic carbocycles. The molecule has 168 valence electrons. The van der Waals surface area contributed by atoms with E-state index < -0.39 is 10.0 Å². The fourth-order valence-corrected chi connectivity index (χ4v) is 6.03. The van der Waals surface area contributed by atoms with Crippen LogP contribution in [0.5, 0.6) is 0 Å². The first-order chi connectivity index (χ1) is 15.4. The molecule has 9 heteroatoms. The second kappa shape index (κ2) is 9.89. The fourth-order valence-electron chi connectivity index (χ4n) is 3.62. The van der Waals surface area contributed by atoms with Crippen molar-refractivity contribution in [2.24, 2.45) is 7.05 Å². The molecule has 1 N–H and O–H groups in total. The highest BCUT2D eigenvalue weighted by atomic mass is 32.2. The van der Waals surface area contributed by atoms with E-state index >= 15 is 0 Å². The maximum absolute atomic E-state index is 12.8. The van der Waals surface area contributed by atoms with Gasteiger partial charge in [0.1, 0.15) is 0 Å². The number of anilines is 1. The average molecular weight is 471 g/mol. The first-order valence-electron chi connectivity index (χ1n) is 10.6. The fraction of sp³-hybridized carbons (Fsp3) is 0.304. The predicted octanol–water partition coefficient (Wildman–Crippen LogP) is 3.93. The normalized spacial score (nSPS) is 14.9. The van der Waals surface area contributed by atoms with Crippen LogP contribution < -0.4 is 5.32 Å². The van der Waals surface area contributed by atoms with E-state index in [4.69, 9.17) is 0 Å². The zero-order valence-electron chi connectivity index (χ0n) is 17.9. The number of sulfonamides is 1. The lowest BCUT2D eigenvalue weighted by molar-refractivity contribution is -0.115. The molecule has 1 aliphatic heterocycles. The van der Waals surface area contributed by atoms with E-state index in [0.29, 0.717) is 13.1 Å². The summed E-state index contributed by atoms with van der Waals surface area (Å²) in [4.78, 5) is 18.2. The van der Waals surface area contributed by atoms with Crippen molar-refractivity contribution in [1.29, 1.82) is 0 Å². The van der Waals surface area contributed by atoms with Crippen molar-refractivity contribution in [2.45, 2.75) is 40.6 Å². The van der Waals surface area contributed by atoms with Gasteiger partial charge in [0, 0.05) is 37.4 Å². The van der Waals surface area contributed by atoms with Gasteiger partial charge in [-0.25, -0.2) is 13.4 Å². The second-order valence-electron chi connectivity index (χ2n) is 7.75. The summed E-state index contributed by atoms with van der Waals surface area (Å²) in [6.07, 6.45) is 6.64. The molecule has 1 saturated heterocycles. The first-order valence-corrected chi connectivity index (χ1v) is 12.8. The Morgan fingerprint density at radius 3 is 2.47 bits per heavy atom. The van der Waals surface area contributed by atoms with Gasteiger partial charge >= 0.3 is 0 Å². The number of carbonyl (C=O) groups is 1. The first kappa shape index (κ1) is 22.6. The summed E-state index contributed by atoms with van der Waals surface area (Å²) in [5.41, 5.74) is 1.48. The van der Waals surface area contributed by atoms with Gasteiger partial charge in [-0.05, 0) is 54.4 Å². The molecule has 0 saturated carbocycles. The van der Waals surface area contributed by atoms with Crippen LogP contribution in [0.25, 0.3) is 0 Å². The van der Waals surface area contributed by atoms with Gasteiger partial charge in [-0.2, -0.15) is 4.31 Å².